The number of nitrogens with two attached hydrogens (primary N) is 1. The molecule has 0 saturated heterocycles. The van der Waals surface area contributed by atoms with Gasteiger partial charge in [0.2, 0.25) is 0 Å². The molecule has 3 N–H and O–H groups in total. The summed E-state index contributed by atoms with van der Waals surface area (Å²) in [5.41, 5.74) is 1.40. The van der Waals surface area contributed by atoms with E-state index in [-0.39, 0.29) is 18.5 Å². The van der Waals surface area contributed by atoms with Crippen molar-refractivity contribution in [2.45, 2.75) is 19.4 Å². The third-order valence-corrected chi connectivity index (χ3v) is 4.02. The molecular weight excluding hydrogens is 326 g/mol. The van der Waals surface area contributed by atoms with E-state index in [4.69, 9.17) is 4.74 Å². The predicted octanol–water partition coefficient (Wildman–Crippen LogP) is 1.96. The molecule has 2 aromatic carbocycles. The largest absolute Gasteiger partial charge is 0.496 e. The molecule has 0 bridgehead atoms. The quantitative estimate of drug-likeness (QED) is 0.765. The average molecular weight is 349 g/mol. The van der Waals surface area contributed by atoms with Crippen LogP contribution in [0.3, 0.4) is 0 Å². The number of methoxy groups -OCH3 is 1. The Morgan fingerprint density at radius 2 is 2.00 bits per heavy atom. The minimum Gasteiger partial charge on any atom is -0.496 e. The minimum atomic E-state index is -0.609. The van der Waals surface area contributed by atoms with Crippen molar-refractivity contribution in [1.82, 2.24) is 5.32 Å². The first-order chi connectivity index (χ1) is 12.0. The SMILES string of the molecule is COc1ccccc1CCNC(=O)C[NH2+][C@@H](C)c1ccc(F)cc1F. The maximum absolute atomic E-state index is 13.7. The van der Waals surface area contributed by atoms with Gasteiger partial charge in [-0.25, -0.2) is 8.78 Å². The molecule has 0 aromatic heterocycles. The van der Waals surface area contributed by atoms with E-state index in [2.05, 4.69) is 5.32 Å². The van der Waals surface area contributed by atoms with Gasteiger partial charge in [0.25, 0.3) is 5.91 Å². The Balaban J connectivity index is 1.77. The molecule has 0 fully saturated rings. The lowest BCUT2D eigenvalue weighted by Crippen LogP contribution is -2.87. The van der Waals surface area contributed by atoms with E-state index in [1.54, 1.807) is 19.4 Å². The van der Waals surface area contributed by atoms with E-state index < -0.39 is 11.6 Å². The molecule has 4 nitrogen and oxygen atoms in total. The summed E-state index contributed by atoms with van der Waals surface area (Å²) in [7, 11) is 1.61. The lowest BCUT2D eigenvalue weighted by Gasteiger charge is -2.12. The highest BCUT2D eigenvalue weighted by Crippen LogP contribution is 2.17. The van der Waals surface area contributed by atoms with Gasteiger partial charge >= 0.3 is 0 Å². The number of nitrogens with one attached hydrogen (secondary N) is 1. The first kappa shape index (κ1) is 18.9. The standard InChI is InChI=1S/C19H22F2N2O2/c1-13(16-8-7-15(20)11-17(16)21)23-12-19(24)22-10-9-14-5-3-4-6-18(14)25-2/h3-8,11,13,23H,9-10,12H2,1-2H3,(H,22,24)/p+1/t13-/m0/s1. The topological polar surface area (TPSA) is 54.9 Å². The van der Waals surface area contributed by atoms with Crippen LogP contribution in [0.4, 0.5) is 8.78 Å². The lowest BCUT2D eigenvalue weighted by molar-refractivity contribution is -0.682. The molecule has 6 heteroatoms. The molecule has 134 valence electrons. The molecule has 1 atom stereocenters. The number of halogens is 2. The molecule has 25 heavy (non-hydrogen) atoms. The second-order valence-electron chi connectivity index (χ2n) is 5.81. The Labute approximate surface area is 146 Å². The third kappa shape index (κ3) is 5.53. The molecule has 0 spiro atoms. The van der Waals surface area contributed by atoms with Crippen LogP contribution in [0.25, 0.3) is 0 Å². The number of hydrogen-bond acceptors (Lipinski definition) is 2. The second kappa shape index (κ2) is 9.13. The maximum atomic E-state index is 13.7. The van der Waals surface area contributed by atoms with Crippen molar-refractivity contribution in [3.63, 3.8) is 0 Å². The van der Waals surface area contributed by atoms with Crippen LogP contribution < -0.4 is 15.4 Å². The van der Waals surface area contributed by atoms with Crippen molar-refractivity contribution in [1.29, 1.82) is 0 Å². The fraction of sp³-hybridized carbons (Fsp3) is 0.316. The van der Waals surface area contributed by atoms with E-state index in [0.717, 1.165) is 17.4 Å². The zero-order chi connectivity index (χ0) is 18.2. The van der Waals surface area contributed by atoms with Gasteiger partial charge in [-0.15, -0.1) is 0 Å². The fourth-order valence-electron chi connectivity index (χ4n) is 2.60. The highest BCUT2D eigenvalue weighted by molar-refractivity contribution is 5.76. The van der Waals surface area contributed by atoms with Gasteiger partial charge in [0.15, 0.2) is 6.54 Å². The molecule has 2 rings (SSSR count). The van der Waals surface area contributed by atoms with E-state index in [1.165, 1.54) is 12.1 Å². The predicted molar refractivity (Wildman–Crippen MR) is 91.3 cm³/mol. The van der Waals surface area contributed by atoms with Gasteiger partial charge in [0.1, 0.15) is 23.4 Å². The molecule has 0 saturated carbocycles. The van der Waals surface area contributed by atoms with Gasteiger partial charge in [0.05, 0.1) is 7.11 Å². The number of rotatable bonds is 8. The van der Waals surface area contributed by atoms with Crippen LogP contribution in [0.15, 0.2) is 42.5 Å². The smallest absolute Gasteiger partial charge is 0.275 e. The molecule has 0 heterocycles. The van der Waals surface area contributed by atoms with Gasteiger partial charge in [-0.3, -0.25) is 4.79 Å². The van der Waals surface area contributed by atoms with Crippen molar-refractivity contribution in [2.75, 3.05) is 20.2 Å². The summed E-state index contributed by atoms with van der Waals surface area (Å²) >= 11 is 0. The third-order valence-electron chi connectivity index (χ3n) is 4.02. The van der Waals surface area contributed by atoms with E-state index >= 15 is 0 Å². The van der Waals surface area contributed by atoms with Crippen molar-refractivity contribution in [2.24, 2.45) is 0 Å². The Morgan fingerprint density at radius 3 is 2.72 bits per heavy atom. The van der Waals surface area contributed by atoms with Gasteiger partial charge in [0, 0.05) is 18.2 Å². The van der Waals surface area contributed by atoms with E-state index in [0.29, 0.717) is 18.5 Å². The summed E-state index contributed by atoms with van der Waals surface area (Å²) in [6.45, 7) is 2.44. The number of carbonyl (C=O) groups excluding carboxylic acids is 1. The Hall–Kier alpha value is -2.47. The van der Waals surface area contributed by atoms with Gasteiger partial charge in [-0.2, -0.15) is 0 Å². The first-order valence-corrected chi connectivity index (χ1v) is 8.18. The summed E-state index contributed by atoms with van der Waals surface area (Å²) in [6, 6.07) is 10.9. The minimum absolute atomic E-state index is 0.135. The molecule has 0 aliphatic heterocycles. The summed E-state index contributed by atoms with van der Waals surface area (Å²) in [4.78, 5) is 11.9. The van der Waals surface area contributed by atoms with Crippen LogP contribution in [0.1, 0.15) is 24.1 Å². The molecular formula is C19H23F2N2O2+. The van der Waals surface area contributed by atoms with Crippen LogP contribution in [0, 0.1) is 11.6 Å². The van der Waals surface area contributed by atoms with Crippen molar-refractivity contribution < 1.29 is 23.6 Å². The Kier molecular flexibility index (Phi) is 6.89. The molecule has 0 aliphatic carbocycles. The number of benzene rings is 2. The highest BCUT2D eigenvalue weighted by Gasteiger charge is 2.16. The number of quaternary nitrogens is 1. The van der Waals surface area contributed by atoms with Crippen molar-refractivity contribution >= 4 is 5.91 Å². The molecule has 2 aromatic rings. The lowest BCUT2D eigenvalue weighted by atomic mass is 10.1. The van der Waals surface area contributed by atoms with Gasteiger partial charge in [-0.1, -0.05) is 18.2 Å². The molecule has 0 radical (unpaired) electrons. The summed E-state index contributed by atoms with van der Waals surface area (Å²) in [6.07, 6.45) is 0.665. The van der Waals surface area contributed by atoms with Crippen LogP contribution in [-0.4, -0.2) is 26.1 Å². The summed E-state index contributed by atoms with van der Waals surface area (Å²) in [5.74, 6) is -0.546. The summed E-state index contributed by atoms with van der Waals surface area (Å²) < 4.78 is 31.9. The zero-order valence-corrected chi connectivity index (χ0v) is 14.4. The van der Waals surface area contributed by atoms with E-state index in [1.807, 2.05) is 24.3 Å². The molecule has 0 unspecified atom stereocenters. The van der Waals surface area contributed by atoms with Crippen LogP contribution >= 0.6 is 0 Å². The van der Waals surface area contributed by atoms with Crippen molar-refractivity contribution in [3.8, 4) is 5.75 Å². The summed E-state index contributed by atoms with van der Waals surface area (Å²) in [5, 5.41) is 4.55. The average Bonchev–Trinajstić information content (AvgIpc) is 2.60. The van der Waals surface area contributed by atoms with Gasteiger partial charge < -0.3 is 15.4 Å². The van der Waals surface area contributed by atoms with Crippen LogP contribution in [0.5, 0.6) is 5.75 Å². The van der Waals surface area contributed by atoms with E-state index in [9.17, 15) is 13.6 Å². The van der Waals surface area contributed by atoms with Crippen molar-refractivity contribution in [3.05, 3.63) is 65.2 Å². The number of amides is 1. The first-order valence-electron chi connectivity index (χ1n) is 8.18. The Bertz CT molecular complexity index is 722. The highest BCUT2D eigenvalue weighted by atomic mass is 19.1. The monoisotopic (exact) mass is 349 g/mol. The van der Waals surface area contributed by atoms with Gasteiger partial charge in [-0.05, 0) is 37.1 Å². The Morgan fingerprint density at radius 1 is 1.24 bits per heavy atom. The maximum Gasteiger partial charge on any atom is 0.275 e. The van der Waals surface area contributed by atoms with Crippen LogP contribution in [-0.2, 0) is 11.2 Å². The zero-order valence-electron chi connectivity index (χ0n) is 14.4. The second-order valence-corrected chi connectivity index (χ2v) is 5.81. The fourth-order valence-corrected chi connectivity index (χ4v) is 2.60. The number of hydrogen-bond donors (Lipinski definition) is 2. The number of carbonyl (C=O) groups is 1. The van der Waals surface area contributed by atoms with Crippen LogP contribution in [0.2, 0.25) is 0 Å². The molecule has 0 aliphatic rings. The molecule has 1 amide bonds. The number of ether oxygens (including phenoxy) is 1. The normalized spacial score (nSPS) is 11.8. The number of para-hydroxylation sites is 1.